The third-order valence-corrected chi connectivity index (χ3v) is 6.43. The topological polar surface area (TPSA) is 74.0 Å². The smallest absolute Gasteiger partial charge is 0.211 e. The van der Waals surface area contributed by atoms with Gasteiger partial charge in [0.05, 0.1) is 11.4 Å². The Morgan fingerprint density at radius 3 is 1.26 bits per heavy atom. The fourth-order valence-electron chi connectivity index (χ4n) is 4.41. The van der Waals surface area contributed by atoms with Gasteiger partial charge in [0, 0.05) is 72.1 Å². The number of aromatic hydroxyl groups is 2. The molecule has 0 unspecified atom stereocenters. The summed E-state index contributed by atoms with van der Waals surface area (Å²) in [6.45, 7) is 0. The van der Waals surface area contributed by atoms with E-state index in [1.165, 1.54) is 0 Å². The second kappa shape index (κ2) is 9.95. The van der Waals surface area contributed by atoms with Gasteiger partial charge in [-0.3, -0.25) is 9.97 Å². The zero-order chi connectivity index (χ0) is 25.9. The highest BCUT2D eigenvalue weighted by Gasteiger charge is 2.15. The van der Waals surface area contributed by atoms with Crippen LogP contribution < -0.4 is 9.13 Å². The van der Waals surface area contributed by atoms with Crippen molar-refractivity contribution in [3.63, 3.8) is 0 Å². The van der Waals surface area contributed by atoms with Crippen molar-refractivity contribution >= 4 is 0 Å². The number of aromatic nitrogens is 4. The van der Waals surface area contributed by atoms with Gasteiger partial charge in [0.1, 0.15) is 11.5 Å². The minimum atomic E-state index is 0.197. The molecule has 4 heterocycles. The van der Waals surface area contributed by atoms with Gasteiger partial charge >= 0.3 is 0 Å². The molecule has 0 saturated carbocycles. The van der Waals surface area contributed by atoms with Crippen LogP contribution in [0.25, 0.3) is 45.0 Å². The van der Waals surface area contributed by atoms with E-state index in [-0.39, 0.29) is 11.5 Å². The van der Waals surface area contributed by atoms with Gasteiger partial charge in [0.25, 0.3) is 0 Å². The number of phenolic OH excluding ortho intramolecular Hbond substituents is 2. The summed E-state index contributed by atoms with van der Waals surface area (Å²) < 4.78 is 4.02. The molecule has 6 heteroatoms. The molecule has 0 aliphatic heterocycles. The molecule has 0 aliphatic rings. The van der Waals surface area contributed by atoms with Crippen LogP contribution in [0, 0.1) is 0 Å². The van der Waals surface area contributed by atoms with Crippen LogP contribution in [0.5, 0.6) is 11.5 Å². The summed E-state index contributed by atoms with van der Waals surface area (Å²) >= 11 is 0. The van der Waals surface area contributed by atoms with Crippen molar-refractivity contribution in [2.24, 2.45) is 0 Å². The summed E-state index contributed by atoms with van der Waals surface area (Å²) in [5.41, 5.74) is 6.84. The van der Waals surface area contributed by atoms with Crippen LogP contribution in [-0.4, -0.2) is 20.2 Å². The molecule has 182 valence electrons. The molecular weight excluding hydrogens is 472 g/mol. The van der Waals surface area contributed by atoms with Gasteiger partial charge in [-0.1, -0.05) is 12.1 Å². The fourth-order valence-corrected chi connectivity index (χ4v) is 4.41. The van der Waals surface area contributed by atoms with Crippen molar-refractivity contribution in [3.8, 4) is 56.5 Å². The second-order valence-corrected chi connectivity index (χ2v) is 8.82. The lowest BCUT2D eigenvalue weighted by Crippen LogP contribution is -2.29. The molecule has 2 aromatic carbocycles. The van der Waals surface area contributed by atoms with Crippen LogP contribution in [0.3, 0.4) is 0 Å². The van der Waals surface area contributed by atoms with Gasteiger partial charge in [-0.05, 0) is 47.5 Å². The number of hydrogen-bond donors (Lipinski definition) is 2. The minimum absolute atomic E-state index is 0.197. The summed E-state index contributed by atoms with van der Waals surface area (Å²) in [6.07, 6.45) is 11.4. The Morgan fingerprint density at radius 1 is 0.474 bits per heavy atom. The quantitative estimate of drug-likeness (QED) is 0.312. The lowest BCUT2D eigenvalue weighted by atomic mass is 10.1. The average Bonchev–Trinajstić information content (AvgIpc) is 2.99. The van der Waals surface area contributed by atoms with E-state index in [0.717, 1.165) is 33.9 Å². The zero-order valence-corrected chi connectivity index (χ0v) is 20.4. The van der Waals surface area contributed by atoms with Crippen LogP contribution in [0.2, 0.25) is 0 Å². The molecule has 6 nitrogen and oxygen atoms in total. The zero-order valence-electron chi connectivity index (χ0n) is 20.4. The Hall–Kier alpha value is -5.36. The van der Waals surface area contributed by atoms with Crippen molar-refractivity contribution in [1.29, 1.82) is 0 Å². The van der Waals surface area contributed by atoms with E-state index in [0.29, 0.717) is 11.1 Å². The van der Waals surface area contributed by atoms with Crippen LogP contribution in [0.1, 0.15) is 0 Å². The van der Waals surface area contributed by atoms with E-state index in [4.69, 9.17) is 0 Å². The Morgan fingerprint density at radius 2 is 0.895 bits per heavy atom. The molecule has 0 spiro atoms. The van der Waals surface area contributed by atoms with E-state index < -0.39 is 0 Å². The standard InChI is InChI=1S/C32H22N4O2/c37-31-9-7-25(21-27(31)29-5-1-3-15-33-29)35-17-11-23(12-18-35)24-13-19-36(20-14-24)26-8-10-32(38)28(22-26)30-6-2-4-16-34-30/h1-22H/p+2. The molecule has 0 radical (unpaired) electrons. The first-order valence-electron chi connectivity index (χ1n) is 12.2. The first-order valence-corrected chi connectivity index (χ1v) is 12.2. The predicted octanol–water partition coefficient (Wildman–Crippen LogP) is 5.44. The molecule has 2 N–H and O–H groups in total. The summed E-state index contributed by atoms with van der Waals surface area (Å²) in [6, 6.07) is 30.5. The molecule has 0 atom stereocenters. The van der Waals surface area contributed by atoms with Crippen molar-refractivity contribution < 1.29 is 19.3 Å². The van der Waals surface area contributed by atoms with E-state index in [2.05, 4.69) is 34.2 Å². The average molecular weight is 497 g/mol. The van der Waals surface area contributed by atoms with Crippen LogP contribution >= 0.6 is 0 Å². The number of hydrogen-bond acceptors (Lipinski definition) is 4. The fraction of sp³-hybridized carbons (Fsp3) is 0. The molecule has 0 amide bonds. The maximum Gasteiger partial charge on any atom is 0.211 e. The maximum absolute atomic E-state index is 10.4. The third kappa shape index (κ3) is 4.58. The first kappa shape index (κ1) is 23.1. The van der Waals surface area contributed by atoms with Gasteiger partial charge in [-0.15, -0.1) is 0 Å². The molecular formula is C32H24N4O2+2. The van der Waals surface area contributed by atoms with Crippen LogP contribution in [0.4, 0.5) is 0 Å². The molecule has 0 saturated heterocycles. The molecule has 6 rings (SSSR count). The molecule has 0 aliphatic carbocycles. The summed E-state index contributed by atoms with van der Waals surface area (Å²) in [7, 11) is 0. The van der Waals surface area contributed by atoms with Crippen molar-refractivity contribution in [3.05, 3.63) is 134 Å². The summed E-state index contributed by atoms with van der Waals surface area (Å²) in [4.78, 5) is 8.73. The molecule has 0 bridgehead atoms. The summed E-state index contributed by atoms with van der Waals surface area (Å²) in [5.74, 6) is 0.395. The largest absolute Gasteiger partial charge is 0.507 e. The predicted molar refractivity (Wildman–Crippen MR) is 145 cm³/mol. The number of nitrogens with zero attached hydrogens (tertiary/aromatic N) is 4. The molecule has 0 fully saturated rings. The van der Waals surface area contributed by atoms with Crippen molar-refractivity contribution in [1.82, 2.24) is 9.97 Å². The Kier molecular flexibility index (Phi) is 6.04. The summed E-state index contributed by atoms with van der Waals surface area (Å²) in [5, 5.41) is 20.7. The monoisotopic (exact) mass is 496 g/mol. The molecule has 38 heavy (non-hydrogen) atoms. The lowest BCUT2D eigenvalue weighted by Gasteiger charge is -2.06. The van der Waals surface area contributed by atoms with Gasteiger partial charge in [-0.25, -0.2) is 0 Å². The normalized spacial score (nSPS) is 10.8. The van der Waals surface area contributed by atoms with Gasteiger partial charge in [0.2, 0.25) is 11.4 Å². The minimum Gasteiger partial charge on any atom is -0.507 e. The number of phenols is 2. The number of benzene rings is 2. The molecule has 6 aromatic rings. The van der Waals surface area contributed by atoms with E-state index >= 15 is 0 Å². The van der Waals surface area contributed by atoms with Gasteiger partial charge in [0.15, 0.2) is 24.8 Å². The highest BCUT2D eigenvalue weighted by atomic mass is 16.3. The molecule has 4 aromatic heterocycles. The van der Waals surface area contributed by atoms with Crippen LogP contribution in [0.15, 0.2) is 134 Å². The highest BCUT2D eigenvalue weighted by Crippen LogP contribution is 2.30. The Balaban J connectivity index is 1.25. The van der Waals surface area contributed by atoms with E-state index in [9.17, 15) is 10.2 Å². The van der Waals surface area contributed by atoms with E-state index in [1.807, 2.05) is 94.6 Å². The lowest BCUT2D eigenvalue weighted by molar-refractivity contribution is -0.596. The maximum atomic E-state index is 10.4. The van der Waals surface area contributed by atoms with Gasteiger partial charge < -0.3 is 10.2 Å². The SMILES string of the molecule is Oc1ccc(-[n+]2ccc(-c3cc[n+](-c4ccc(O)c(-c5ccccn5)c4)cc3)cc2)cc1-c1ccccn1. The van der Waals surface area contributed by atoms with Crippen molar-refractivity contribution in [2.45, 2.75) is 0 Å². The van der Waals surface area contributed by atoms with Crippen molar-refractivity contribution in [2.75, 3.05) is 0 Å². The highest BCUT2D eigenvalue weighted by molar-refractivity contribution is 5.69. The van der Waals surface area contributed by atoms with Gasteiger partial charge in [-0.2, -0.15) is 9.13 Å². The second-order valence-electron chi connectivity index (χ2n) is 8.82. The van der Waals surface area contributed by atoms with Crippen LogP contribution in [-0.2, 0) is 0 Å². The number of pyridine rings is 4. The number of rotatable bonds is 5. The Bertz CT molecular complexity index is 1570. The Labute approximate surface area is 220 Å². The third-order valence-electron chi connectivity index (χ3n) is 6.43. The first-order chi connectivity index (χ1) is 18.7. The van der Waals surface area contributed by atoms with E-state index in [1.54, 1.807) is 24.5 Å².